The summed E-state index contributed by atoms with van der Waals surface area (Å²) < 4.78 is 10.4. The Balaban J connectivity index is 2.07. The third kappa shape index (κ3) is 2.64. The average Bonchev–Trinajstić information content (AvgIpc) is 2.85. The highest BCUT2D eigenvalue weighted by Gasteiger charge is 2.17. The van der Waals surface area contributed by atoms with Crippen LogP contribution in [-0.2, 0) is 0 Å². The molecule has 0 aliphatic heterocycles. The Morgan fingerprint density at radius 2 is 2.05 bits per heavy atom. The van der Waals surface area contributed by atoms with Gasteiger partial charge in [0.15, 0.2) is 5.58 Å². The maximum Gasteiger partial charge on any atom is 0.417 e. The largest absolute Gasteiger partial charge is 0.496 e. The van der Waals surface area contributed by atoms with Crippen molar-refractivity contribution in [2.45, 2.75) is 5.38 Å². The van der Waals surface area contributed by atoms with Crippen molar-refractivity contribution < 1.29 is 9.15 Å². The molecule has 0 saturated carbocycles. The second-order valence-corrected chi connectivity index (χ2v) is 5.39. The van der Waals surface area contributed by atoms with Gasteiger partial charge in [-0.05, 0) is 29.8 Å². The Bertz CT molecular complexity index is 853. The number of hydrogen-bond acceptors (Lipinski definition) is 3. The van der Waals surface area contributed by atoms with Gasteiger partial charge in [-0.2, -0.15) is 0 Å². The normalized spacial score (nSPS) is 12.5. The van der Waals surface area contributed by atoms with E-state index in [0.717, 1.165) is 11.1 Å². The molecule has 1 unspecified atom stereocenters. The van der Waals surface area contributed by atoms with Gasteiger partial charge in [-0.1, -0.05) is 23.7 Å². The van der Waals surface area contributed by atoms with Crippen LogP contribution in [0.25, 0.3) is 11.1 Å². The van der Waals surface area contributed by atoms with E-state index in [9.17, 15) is 4.79 Å². The number of ether oxygens (including phenoxy) is 1. The minimum atomic E-state index is -0.489. The number of benzene rings is 2. The van der Waals surface area contributed by atoms with Gasteiger partial charge in [-0.3, -0.25) is 4.98 Å². The molecule has 1 N–H and O–H groups in total. The van der Waals surface area contributed by atoms with Gasteiger partial charge in [0, 0.05) is 10.6 Å². The number of alkyl halides is 1. The lowest BCUT2D eigenvalue weighted by atomic mass is 10.0. The van der Waals surface area contributed by atoms with E-state index in [2.05, 4.69) is 4.98 Å². The molecule has 21 heavy (non-hydrogen) atoms. The Kier molecular flexibility index (Phi) is 3.66. The number of hydrogen-bond donors (Lipinski definition) is 1. The molecule has 2 aromatic carbocycles. The van der Waals surface area contributed by atoms with E-state index in [4.69, 9.17) is 32.4 Å². The van der Waals surface area contributed by atoms with Gasteiger partial charge in [-0.15, -0.1) is 11.6 Å². The fourth-order valence-electron chi connectivity index (χ4n) is 2.19. The van der Waals surface area contributed by atoms with Crippen LogP contribution in [0.5, 0.6) is 5.75 Å². The zero-order valence-corrected chi connectivity index (χ0v) is 12.5. The van der Waals surface area contributed by atoms with Gasteiger partial charge in [0.2, 0.25) is 0 Å². The Morgan fingerprint density at radius 1 is 1.24 bits per heavy atom. The van der Waals surface area contributed by atoms with Crippen molar-refractivity contribution in [2.24, 2.45) is 0 Å². The first-order valence-corrected chi connectivity index (χ1v) is 7.00. The zero-order chi connectivity index (χ0) is 15.0. The van der Waals surface area contributed by atoms with Crippen molar-refractivity contribution >= 4 is 34.3 Å². The molecule has 108 valence electrons. The number of rotatable bonds is 3. The number of methoxy groups -OCH3 is 1. The first-order chi connectivity index (χ1) is 10.1. The number of halogens is 2. The van der Waals surface area contributed by atoms with Crippen molar-refractivity contribution in [1.82, 2.24) is 4.98 Å². The van der Waals surface area contributed by atoms with Crippen LogP contribution in [0.3, 0.4) is 0 Å². The molecule has 0 bridgehead atoms. The second kappa shape index (κ2) is 5.47. The minimum Gasteiger partial charge on any atom is -0.496 e. The van der Waals surface area contributed by atoms with E-state index in [1.54, 1.807) is 31.4 Å². The van der Waals surface area contributed by atoms with Gasteiger partial charge in [-0.25, -0.2) is 4.79 Å². The monoisotopic (exact) mass is 323 g/mol. The first kappa shape index (κ1) is 14.0. The Morgan fingerprint density at radius 3 is 2.81 bits per heavy atom. The lowest BCUT2D eigenvalue weighted by Crippen LogP contribution is -1.97. The van der Waals surface area contributed by atoms with Gasteiger partial charge >= 0.3 is 5.76 Å². The molecule has 0 spiro atoms. The van der Waals surface area contributed by atoms with Crippen molar-refractivity contribution in [1.29, 1.82) is 0 Å². The van der Waals surface area contributed by atoms with E-state index < -0.39 is 11.1 Å². The molecule has 0 radical (unpaired) electrons. The molecule has 0 fully saturated rings. The van der Waals surface area contributed by atoms with Crippen LogP contribution in [0.2, 0.25) is 5.02 Å². The topological polar surface area (TPSA) is 55.2 Å². The number of nitrogens with one attached hydrogen (secondary N) is 1. The molecular formula is C15H11Cl2NO3. The smallest absolute Gasteiger partial charge is 0.417 e. The van der Waals surface area contributed by atoms with E-state index in [1.165, 1.54) is 0 Å². The third-order valence-corrected chi connectivity index (χ3v) is 3.93. The molecule has 3 rings (SSSR count). The molecule has 0 aliphatic carbocycles. The fourth-order valence-corrected chi connectivity index (χ4v) is 2.67. The molecule has 6 heteroatoms. The molecule has 1 aromatic heterocycles. The summed E-state index contributed by atoms with van der Waals surface area (Å²) in [5.74, 6) is 0.121. The predicted molar refractivity (Wildman–Crippen MR) is 82.5 cm³/mol. The van der Waals surface area contributed by atoms with Crippen LogP contribution in [0.4, 0.5) is 0 Å². The highest BCUT2D eigenvalue weighted by Crippen LogP contribution is 2.37. The van der Waals surface area contributed by atoms with Crippen LogP contribution in [0.1, 0.15) is 16.5 Å². The Labute approximate surface area is 130 Å². The van der Waals surface area contributed by atoms with E-state index >= 15 is 0 Å². The van der Waals surface area contributed by atoms with Crippen LogP contribution in [-0.4, -0.2) is 12.1 Å². The van der Waals surface area contributed by atoms with Gasteiger partial charge in [0.25, 0.3) is 0 Å². The number of H-pyrrole nitrogens is 1. The summed E-state index contributed by atoms with van der Waals surface area (Å²) in [6.45, 7) is 0. The maximum atomic E-state index is 11.2. The Hall–Kier alpha value is -1.91. The molecule has 3 aromatic rings. The number of aromatic amines is 1. The van der Waals surface area contributed by atoms with Crippen LogP contribution < -0.4 is 10.5 Å². The molecule has 0 amide bonds. The summed E-state index contributed by atoms with van der Waals surface area (Å²) in [4.78, 5) is 13.8. The zero-order valence-electron chi connectivity index (χ0n) is 11.0. The van der Waals surface area contributed by atoms with Crippen LogP contribution in [0, 0.1) is 0 Å². The SMILES string of the molecule is COc1cc(Cl)ccc1C(Cl)c1ccc2[nH]c(=O)oc2c1. The maximum absolute atomic E-state index is 11.2. The third-order valence-electron chi connectivity index (χ3n) is 3.21. The molecule has 0 aliphatic rings. The summed E-state index contributed by atoms with van der Waals surface area (Å²) in [5, 5.41) is 0.133. The molecule has 0 saturated heterocycles. The van der Waals surface area contributed by atoms with Gasteiger partial charge in [0.05, 0.1) is 18.0 Å². The highest BCUT2D eigenvalue weighted by molar-refractivity contribution is 6.30. The van der Waals surface area contributed by atoms with Gasteiger partial charge in [0.1, 0.15) is 5.75 Å². The summed E-state index contributed by atoms with van der Waals surface area (Å²) in [6, 6.07) is 10.6. The lowest BCUT2D eigenvalue weighted by Gasteiger charge is -2.14. The van der Waals surface area contributed by atoms with E-state index in [0.29, 0.717) is 21.9 Å². The first-order valence-electron chi connectivity index (χ1n) is 6.19. The number of fused-ring (bicyclic) bond motifs is 1. The minimum absolute atomic E-state index is 0.443. The molecular weight excluding hydrogens is 313 g/mol. The second-order valence-electron chi connectivity index (χ2n) is 4.52. The quantitative estimate of drug-likeness (QED) is 0.738. The van der Waals surface area contributed by atoms with Crippen molar-refractivity contribution in [3.63, 3.8) is 0 Å². The molecule has 4 nitrogen and oxygen atoms in total. The predicted octanol–water partition coefficient (Wildman–Crippen LogP) is 4.11. The summed E-state index contributed by atoms with van der Waals surface area (Å²) in [7, 11) is 1.56. The van der Waals surface area contributed by atoms with Crippen LogP contribution >= 0.6 is 23.2 Å². The summed E-state index contributed by atoms with van der Waals surface area (Å²) in [6.07, 6.45) is 0. The standard InChI is InChI=1S/C15H11Cl2NO3/c1-20-12-7-9(16)3-4-10(12)14(17)8-2-5-11-13(6-8)21-15(19)18-11/h2-7,14H,1H3,(H,18,19). The average molecular weight is 324 g/mol. The fraction of sp³-hybridized carbons (Fsp3) is 0.133. The van der Waals surface area contributed by atoms with E-state index in [-0.39, 0.29) is 0 Å². The molecule has 1 atom stereocenters. The van der Waals surface area contributed by atoms with Crippen molar-refractivity contribution in [3.8, 4) is 5.75 Å². The number of aromatic nitrogens is 1. The van der Waals surface area contributed by atoms with Crippen molar-refractivity contribution in [2.75, 3.05) is 7.11 Å². The van der Waals surface area contributed by atoms with Crippen molar-refractivity contribution in [3.05, 3.63) is 63.1 Å². The van der Waals surface area contributed by atoms with Crippen LogP contribution in [0.15, 0.2) is 45.6 Å². The van der Waals surface area contributed by atoms with Gasteiger partial charge < -0.3 is 9.15 Å². The van der Waals surface area contributed by atoms with E-state index in [1.807, 2.05) is 12.1 Å². The summed E-state index contributed by atoms with van der Waals surface area (Å²) >= 11 is 12.5. The lowest BCUT2D eigenvalue weighted by molar-refractivity contribution is 0.410. The number of oxazole rings is 1. The highest BCUT2D eigenvalue weighted by atomic mass is 35.5. The molecule has 1 heterocycles. The summed E-state index contributed by atoms with van der Waals surface area (Å²) in [5.41, 5.74) is 2.69.